The van der Waals surface area contributed by atoms with Crippen LogP contribution in [0.25, 0.3) is 0 Å². The third-order valence-electron chi connectivity index (χ3n) is 3.75. The molecule has 0 bridgehead atoms. The fraction of sp³-hybridized carbons (Fsp3) is 0.412. The predicted molar refractivity (Wildman–Crippen MR) is 86.7 cm³/mol. The van der Waals surface area contributed by atoms with Crippen LogP contribution in [0.5, 0.6) is 0 Å². The molecule has 1 atom stereocenters. The molecule has 0 saturated carbocycles. The highest BCUT2D eigenvalue weighted by molar-refractivity contribution is 7.89. The second-order valence-corrected chi connectivity index (χ2v) is 7.27. The van der Waals surface area contributed by atoms with Crippen molar-refractivity contribution >= 4 is 10.0 Å². The van der Waals surface area contributed by atoms with E-state index >= 15 is 0 Å². The number of sulfonamides is 1. The smallest absolute Gasteiger partial charge is 0.207 e. The van der Waals surface area contributed by atoms with Gasteiger partial charge in [0.05, 0.1) is 4.90 Å². The van der Waals surface area contributed by atoms with Gasteiger partial charge in [0, 0.05) is 12.6 Å². The van der Waals surface area contributed by atoms with Gasteiger partial charge in [-0.25, -0.2) is 8.42 Å². The second-order valence-electron chi connectivity index (χ2n) is 5.38. The molecule has 2 rings (SSSR count). The van der Waals surface area contributed by atoms with Crippen molar-refractivity contribution < 1.29 is 8.42 Å². The SMILES string of the molecule is C/C=C/CN(C1C=CCCC1)S(=O)(=O)c1ccc(C)cc1. The van der Waals surface area contributed by atoms with Gasteiger partial charge < -0.3 is 0 Å². The van der Waals surface area contributed by atoms with E-state index in [1.165, 1.54) is 0 Å². The molecule has 1 aromatic rings. The highest BCUT2D eigenvalue weighted by atomic mass is 32.2. The van der Waals surface area contributed by atoms with Gasteiger partial charge in [-0.2, -0.15) is 4.31 Å². The zero-order valence-electron chi connectivity index (χ0n) is 12.7. The summed E-state index contributed by atoms with van der Waals surface area (Å²) in [6.07, 6.45) is 10.9. The van der Waals surface area contributed by atoms with Crippen LogP contribution < -0.4 is 0 Å². The van der Waals surface area contributed by atoms with E-state index in [1.54, 1.807) is 16.4 Å². The van der Waals surface area contributed by atoms with Crippen LogP contribution in [0.4, 0.5) is 0 Å². The molecule has 1 aliphatic carbocycles. The Kier molecular flexibility index (Phi) is 5.37. The van der Waals surface area contributed by atoms with Gasteiger partial charge >= 0.3 is 0 Å². The average molecular weight is 305 g/mol. The molecule has 0 heterocycles. The summed E-state index contributed by atoms with van der Waals surface area (Å²) in [5.74, 6) is 0. The Labute approximate surface area is 128 Å². The minimum Gasteiger partial charge on any atom is -0.207 e. The average Bonchev–Trinajstić information content (AvgIpc) is 2.49. The highest BCUT2D eigenvalue weighted by Gasteiger charge is 2.29. The van der Waals surface area contributed by atoms with Crippen molar-refractivity contribution in [3.05, 3.63) is 54.1 Å². The van der Waals surface area contributed by atoms with Crippen LogP contribution in [0.1, 0.15) is 31.7 Å². The molecular weight excluding hydrogens is 282 g/mol. The third kappa shape index (κ3) is 3.83. The summed E-state index contributed by atoms with van der Waals surface area (Å²) in [7, 11) is -3.46. The molecule has 0 amide bonds. The Morgan fingerprint density at radius 3 is 2.57 bits per heavy atom. The highest BCUT2D eigenvalue weighted by Crippen LogP contribution is 2.24. The standard InChI is InChI=1S/C17H23NO2S/c1-3-4-14-18(16-8-6-5-7-9-16)21(19,20)17-12-10-15(2)11-13-17/h3-4,6,8,10-13,16H,5,7,9,14H2,1-2H3/b4-3+. The molecule has 1 aliphatic rings. The Morgan fingerprint density at radius 2 is 2.00 bits per heavy atom. The lowest BCUT2D eigenvalue weighted by atomic mass is 10.0. The Bertz CT molecular complexity index is 615. The summed E-state index contributed by atoms with van der Waals surface area (Å²) >= 11 is 0. The van der Waals surface area contributed by atoms with Crippen molar-refractivity contribution in [1.29, 1.82) is 0 Å². The Morgan fingerprint density at radius 1 is 1.29 bits per heavy atom. The third-order valence-corrected chi connectivity index (χ3v) is 5.65. The number of benzene rings is 1. The zero-order valence-corrected chi connectivity index (χ0v) is 13.5. The minimum atomic E-state index is -3.46. The monoisotopic (exact) mass is 305 g/mol. The number of allylic oxidation sites excluding steroid dienone is 2. The predicted octanol–water partition coefficient (Wildman–Crippen LogP) is 3.67. The fourth-order valence-electron chi connectivity index (χ4n) is 2.50. The first-order valence-corrected chi connectivity index (χ1v) is 8.86. The summed E-state index contributed by atoms with van der Waals surface area (Å²) in [6.45, 7) is 4.28. The van der Waals surface area contributed by atoms with Crippen LogP contribution in [-0.4, -0.2) is 25.3 Å². The molecule has 3 nitrogen and oxygen atoms in total. The van der Waals surface area contributed by atoms with Gasteiger partial charge in [-0.3, -0.25) is 0 Å². The van der Waals surface area contributed by atoms with Crippen LogP contribution in [0.3, 0.4) is 0 Å². The van der Waals surface area contributed by atoms with Crippen LogP contribution in [0, 0.1) is 6.92 Å². The van der Waals surface area contributed by atoms with E-state index in [0.717, 1.165) is 24.8 Å². The maximum absolute atomic E-state index is 12.9. The molecule has 1 unspecified atom stereocenters. The summed E-state index contributed by atoms with van der Waals surface area (Å²) in [4.78, 5) is 0.372. The van der Waals surface area contributed by atoms with E-state index in [0.29, 0.717) is 11.4 Å². The van der Waals surface area contributed by atoms with Crippen LogP contribution in [0.15, 0.2) is 53.5 Å². The largest absolute Gasteiger partial charge is 0.243 e. The van der Waals surface area contributed by atoms with Gasteiger partial charge in [-0.15, -0.1) is 0 Å². The molecular formula is C17H23NO2S. The van der Waals surface area contributed by atoms with Gasteiger partial charge in [0.1, 0.15) is 0 Å². The van der Waals surface area contributed by atoms with Crippen molar-refractivity contribution in [2.75, 3.05) is 6.54 Å². The van der Waals surface area contributed by atoms with Gasteiger partial charge in [0.2, 0.25) is 10.0 Å². The number of hydrogen-bond acceptors (Lipinski definition) is 2. The first-order valence-electron chi connectivity index (χ1n) is 7.42. The molecule has 0 saturated heterocycles. The minimum absolute atomic E-state index is 0.0405. The zero-order chi connectivity index (χ0) is 15.3. The first-order chi connectivity index (χ1) is 10.1. The van der Waals surface area contributed by atoms with Crippen molar-refractivity contribution in [2.24, 2.45) is 0 Å². The molecule has 0 N–H and O–H groups in total. The number of hydrogen-bond donors (Lipinski definition) is 0. The van der Waals surface area contributed by atoms with Gasteiger partial charge in [0.25, 0.3) is 0 Å². The lowest BCUT2D eigenvalue weighted by molar-refractivity contribution is 0.361. The summed E-state index contributed by atoms with van der Waals surface area (Å²) < 4.78 is 27.4. The van der Waals surface area contributed by atoms with E-state index in [4.69, 9.17) is 0 Å². The lowest BCUT2D eigenvalue weighted by Gasteiger charge is -2.29. The quantitative estimate of drug-likeness (QED) is 0.778. The summed E-state index contributed by atoms with van der Waals surface area (Å²) in [5, 5.41) is 0. The molecule has 21 heavy (non-hydrogen) atoms. The van der Waals surface area contributed by atoms with E-state index in [2.05, 4.69) is 6.08 Å². The molecule has 0 aromatic heterocycles. The molecule has 0 spiro atoms. The number of aryl methyl sites for hydroxylation is 1. The summed E-state index contributed by atoms with van der Waals surface area (Å²) in [6, 6.07) is 7.04. The van der Waals surface area contributed by atoms with E-state index in [-0.39, 0.29) is 6.04 Å². The normalized spacial score (nSPS) is 19.5. The molecule has 114 valence electrons. The maximum Gasteiger partial charge on any atom is 0.243 e. The Balaban J connectivity index is 2.36. The number of rotatable bonds is 5. The Hall–Kier alpha value is -1.39. The van der Waals surface area contributed by atoms with Crippen LogP contribution in [0.2, 0.25) is 0 Å². The maximum atomic E-state index is 12.9. The van der Waals surface area contributed by atoms with Crippen molar-refractivity contribution in [3.63, 3.8) is 0 Å². The van der Waals surface area contributed by atoms with Crippen molar-refractivity contribution in [2.45, 2.75) is 44.0 Å². The van der Waals surface area contributed by atoms with Crippen molar-refractivity contribution in [1.82, 2.24) is 4.31 Å². The summed E-state index contributed by atoms with van der Waals surface area (Å²) in [5.41, 5.74) is 1.06. The van der Waals surface area contributed by atoms with Crippen molar-refractivity contribution in [3.8, 4) is 0 Å². The van der Waals surface area contributed by atoms with Crippen LogP contribution >= 0.6 is 0 Å². The van der Waals surface area contributed by atoms with Gasteiger partial charge in [-0.1, -0.05) is 42.0 Å². The topological polar surface area (TPSA) is 37.4 Å². The van der Waals surface area contributed by atoms with E-state index in [1.807, 2.05) is 44.2 Å². The molecule has 0 aliphatic heterocycles. The van der Waals surface area contributed by atoms with Gasteiger partial charge in [0.15, 0.2) is 0 Å². The molecule has 0 fully saturated rings. The molecule has 4 heteroatoms. The second kappa shape index (κ2) is 7.05. The lowest BCUT2D eigenvalue weighted by Crippen LogP contribution is -2.40. The fourth-order valence-corrected chi connectivity index (χ4v) is 4.07. The first kappa shape index (κ1) is 16.0. The van der Waals surface area contributed by atoms with E-state index < -0.39 is 10.0 Å². The van der Waals surface area contributed by atoms with E-state index in [9.17, 15) is 8.42 Å². The van der Waals surface area contributed by atoms with Crippen LogP contribution in [-0.2, 0) is 10.0 Å². The number of nitrogens with zero attached hydrogens (tertiary/aromatic N) is 1. The van der Waals surface area contributed by atoms with Gasteiger partial charge in [-0.05, 0) is 45.2 Å². The molecule has 0 radical (unpaired) electrons. The molecule has 1 aromatic carbocycles.